The Kier molecular flexibility index (Phi) is 7.79. The number of nitro benzene ring substituents is 1. The van der Waals surface area contributed by atoms with Crippen molar-refractivity contribution in [2.45, 2.75) is 0 Å². The Morgan fingerprint density at radius 3 is 2.45 bits per heavy atom. The molecule has 0 aliphatic heterocycles. The number of amides is 1. The molecular formula is C18H17Cl3N4O3S. The van der Waals surface area contributed by atoms with E-state index < -0.39 is 10.8 Å². The van der Waals surface area contributed by atoms with Crippen LogP contribution in [-0.2, 0) is 0 Å². The molecule has 0 atom stereocenters. The number of benzene rings is 2. The van der Waals surface area contributed by atoms with Gasteiger partial charge in [-0.15, -0.1) is 12.4 Å². The van der Waals surface area contributed by atoms with E-state index in [0.717, 1.165) is 4.70 Å². The molecule has 0 bridgehead atoms. The average Bonchev–Trinajstić information content (AvgIpc) is 3.03. The van der Waals surface area contributed by atoms with Gasteiger partial charge in [-0.1, -0.05) is 34.5 Å². The molecule has 1 heterocycles. The van der Waals surface area contributed by atoms with Gasteiger partial charge in [0, 0.05) is 29.2 Å². The molecule has 3 rings (SSSR count). The highest BCUT2D eigenvalue weighted by Gasteiger charge is 2.28. The molecular weight excluding hydrogens is 459 g/mol. The Bertz CT molecular complexity index is 1060. The quantitative estimate of drug-likeness (QED) is 0.364. The summed E-state index contributed by atoms with van der Waals surface area (Å²) in [6.45, 7) is 0.861. The van der Waals surface area contributed by atoms with Crippen LogP contribution in [0.1, 0.15) is 10.4 Å². The molecule has 0 radical (unpaired) electrons. The lowest BCUT2D eigenvalue weighted by Crippen LogP contribution is -2.37. The van der Waals surface area contributed by atoms with E-state index in [4.69, 9.17) is 23.2 Å². The summed E-state index contributed by atoms with van der Waals surface area (Å²) >= 11 is 13.3. The van der Waals surface area contributed by atoms with Gasteiger partial charge in [-0.05, 0) is 44.4 Å². The van der Waals surface area contributed by atoms with Crippen molar-refractivity contribution in [3.63, 3.8) is 0 Å². The number of rotatable bonds is 6. The molecule has 0 aliphatic rings. The normalized spacial score (nSPS) is 10.8. The van der Waals surface area contributed by atoms with Crippen LogP contribution in [0.25, 0.3) is 10.2 Å². The number of carbonyl (C=O) groups is 1. The monoisotopic (exact) mass is 474 g/mol. The van der Waals surface area contributed by atoms with Crippen molar-refractivity contribution in [2.75, 3.05) is 32.1 Å². The minimum atomic E-state index is -0.591. The van der Waals surface area contributed by atoms with E-state index >= 15 is 0 Å². The summed E-state index contributed by atoms with van der Waals surface area (Å²) in [5.74, 6) is -0.527. The molecule has 29 heavy (non-hydrogen) atoms. The van der Waals surface area contributed by atoms with Crippen molar-refractivity contribution in [2.24, 2.45) is 0 Å². The minimum absolute atomic E-state index is 0. The van der Waals surface area contributed by atoms with Gasteiger partial charge in [0.15, 0.2) is 5.13 Å². The van der Waals surface area contributed by atoms with Crippen LogP contribution in [-0.4, -0.2) is 47.9 Å². The molecule has 3 aromatic rings. The van der Waals surface area contributed by atoms with Gasteiger partial charge in [0.2, 0.25) is 0 Å². The zero-order valence-electron chi connectivity index (χ0n) is 15.5. The van der Waals surface area contributed by atoms with E-state index in [0.29, 0.717) is 28.8 Å². The van der Waals surface area contributed by atoms with Gasteiger partial charge in [-0.3, -0.25) is 19.8 Å². The van der Waals surface area contributed by atoms with Crippen LogP contribution in [0.3, 0.4) is 0 Å². The van der Waals surface area contributed by atoms with E-state index in [9.17, 15) is 14.9 Å². The van der Waals surface area contributed by atoms with Crippen LogP contribution in [0.5, 0.6) is 0 Å². The van der Waals surface area contributed by atoms with Crippen LogP contribution in [0.2, 0.25) is 10.0 Å². The van der Waals surface area contributed by atoms with Gasteiger partial charge in [-0.25, -0.2) is 4.98 Å². The summed E-state index contributed by atoms with van der Waals surface area (Å²) in [6, 6.07) is 9.21. The van der Waals surface area contributed by atoms with E-state index in [1.54, 1.807) is 18.2 Å². The van der Waals surface area contributed by atoms with Crippen molar-refractivity contribution in [3.8, 4) is 0 Å². The Hall–Kier alpha value is -1.97. The van der Waals surface area contributed by atoms with Gasteiger partial charge in [0.25, 0.3) is 11.6 Å². The number of anilines is 1. The highest BCUT2D eigenvalue weighted by atomic mass is 35.5. The summed E-state index contributed by atoms with van der Waals surface area (Å²) in [6.07, 6.45) is 0. The zero-order chi connectivity index (χ0) is 20.4. The number of hydrogen-bond acceptors (Lipinski definition) is 6. The molecule has 11 heteroatoms. The predicted octanol–water partition coefficient (Wildman–Crippen LogP) is 5.14. The minimum Gasteiger partial charge on any atom is -0.308 e. The molecule has 0 fully saturated rings. The van der Waals surface area contributed by atoms with E-state index in [-0.39, 0.29) is 28.7 Å². The number of fused-ring (bicyclic) bond motifs is 1. The molecule has 1 aromatic heterocycles. The first-order valence-electron chi connectivity index (χ1n) is 8.23. The molecule has 0 saturated heterocycles. The number of hydrogen-bond donors (Lipinski definition) is 0. The predicted molar refractivity (Wildman–Crippen MR) is 120 cm³/mol. The summed E-state index contributed by atoms with van der Waals surface area (Å²) in [5, 5.41) is 12.7. The fraction of sp³-hybridized carbons (Fsp3) is 0.222. The SMILES string of the molecule is CN(C)CCN(C(=O)c1cc(Cl)ccc1[N+](=O)[O-])c1nc2ccc(Cl)cc2s1.Cl. The van der Waals surface area contributed by atoms with Crippen LogP contribution >= 0.6 is 46.9 Å². The number of likely N-dealkylation sites (N-methyl/N-ethyl adjacent to an activating group) is 1. The smallest absolute Gasteiger partial charge is 0.282 e. The number of nitro groups is 1. The highest BCUT2D eigenvalue weighted by Crippen LogP contribution is 2.33. The van der Waals surface area contributed by atoms with Crippen LogP contribution in [0, 0.1) is 10.1 Å². The van der Waals surface area contributed by atoms with Crippen LogP contribution in [0.4, 0.5) is 10.8 Å². The van der Waals surface area contributed by atoms with E-state index in [1.807, 2.05) is 19.0 Å². The number of nitrogens with zero attached hydrogens (tertiary/aromatic N) is 4. The molecule has 0 aliphatic carbocycles. The Morgan fingerprint density at radius 1 is 1.14 bits per heavy atom. The maximum Gasteiger partial charge on any atom is 0.282 e. The molecule has 7 nitrogen and oxygen atoms in total. The van der Waals surface area contributed by atoms with Crippen LogP contribution < -0.4 is 4.90 Å². The zero-order valence-corrected chi connectivity index (χ0v) is 18.6. The summed E-state index contributed by atoms with van der Waals surface area (Å²) in [7, 11) is 3.76. The van der Waals surface area contributed by atoms with Crippen molar-refractivity contribution < 1.29 is 9.72 Å². The number of aromatic nitrogens is 1. The summed E-state index contributed by atoms with van der Waals surface area (Å²) < 4.78 is 0.825. The average molecular weight is 476 g/mol. The molecule has 0 saturated carbocycles. The Balaban J connectivity index is 0.00000300. The fourth-order valence-corrected chi connectivity index (χ4v) is 4.01. The van der Waals surface area contributed by atoms with E-state index in [1.165, 1.54) is 34.4 Å². The molecule has 1 amide bonds. The molecule has 0 spiro atoms. The lowest BCUT2D eigenvalue weighted by Gasteiger charge is -2.22. The topological polar surface area (TPSA) is 79.6 Å². The third-order valence-electron chi connectivity index (χ3n) is 3.97. The Morgan fingerprint density at radius 2 is 1.79 bits per heavy atom. The second-order valence-corrected chi connectivity index (χ2v) is 8.17. The highest BCUT2D eigenvalue weighted by molar-refractivity contribution is 7.22. The maximum absolute atomic E-state index is 13.3. The van der Waals surface area contributed by atoms with Crippen molar-refractivity contribution in [1.29, 1.82) is 0 Å². The summed E-state index contributed by atoms with van der Waals surface area (Å²) in [5.41, 5.74) is 0.328. The summed E-state index contributed by atoms with van der Waals surface area (Å²) in [4.78, 5) is 31.9. The van der Waals surface area contributed by atoms with E-state index in [2.05, 4.69) is 4.98 Å². The molecule has 154 valence electrons. The maximum atomic E-state index is 13.3. The lowest BCUT2D eigenvalue weighted by molar-refractivity contribution is -0.385. The number of thiazole rings is 1. The number of carbonyl (C=O) groups excluding carboxylic acids is 1. The van der Waals surface area contributed by atoms with Crippen molar-refractivity contribution >= 4 is 73.9 Å². The lowest BCUT2D eigenvalue weighted by atomic mass is 10.1. The third-order valence-corrected chi connectivity index (χ3v) is 5.48. The Labute approximate surface area is 187 Å². The van der Waals surface area contributed by atoms with Gasteiger partial charge in [0.05, 0.1) is 15.1 Å². The largest absolute Gasteiger partial charge is 0.308 e. The van der Waals surface area contributed by atoms with Gasteiger partial charge < -0.3 is 4.90 Å². The first-order valence-corrected chi connectivity index (χ1v) is 9.80. The van der Waals surface area contributed by atoms with Gasteiger partial charge in [-0.2, -0.15) is 0 Å². The molecule has 0 N–H and O–H groups in total. The molecule has 2 aromatic carbocycles. The first-order chi connectivity index (χ1) is 13.3. The van der Waals surface area contributed by atoms with Crippen LogP contribution in [0.15, 0.2) is 36.4 Å². The first kappa shape index (κ1) is 23.3. The van der Waals surface area contributed by atoms with Gasteiger partial charge in [0.1, 0.15) is 5.56 Å². The number of halogens is 3. The van der Waals surface area contributed by atoms with Gasteiger partial charge >= 0.3 is 0 Å². The van der Waals surface area contributed by atoms with Crippen molar-refractivity contribution in [1.82, 2.24) is 9.88 Å². The second kappa shape index (κ2) is 9.69. The third kappa shape index (κ3) is 5.34. The fourth-order valence-electron chi connectivity index (χ4n) is 2.57. The standard InChI is InChI=1S/C18H16Cl2N4O3S.ClH/c1-22(2)7-8-23(18-21-14-5-3-12(20)10-16(14)28-18)17(25)13-9-11(19)4-6-15(13)24(26)27;/h3-6,9-10H,7-8H2,1-2H3;1H. The molecule has 0 unspecified atom stereocenters. The van der Waals surface area contributed by atoms with Crippen molar-refractivity contribution in [3.05, 3.63) is 62.1 Å². The second-order valence-electron chi connectivity index (χ2n) is 6.29.